The number of aryl methyl sites for hydroxylation is 4. The number of Topliss-reactive ketones (excluding diaryl/α,β-unsaturated/α-hetero) is 1. The zero-order valence-electron chi connectivity index (χ0n) is 13.2. The summed E-state index contributed by atoms with van der Waals surface area (Å²) < 4.78 is 5.58. The van der Waals surface area contributed by atoms with Gasteiger partial charge in [0.2, 0.25) is 0 Å². The topological polar surface area (TPSA) is 26.3 Å². The summed E-state index contributed by atoms with van der Waals surface area (Å²) in [6.45, 7) is 8.79. The van der Waals surface area contributed by atoms with Crippen LogP contribution in [0.15, 0.2) is 36.4 Å². The lowest BCUT2D eigenvalue weighted by Gasteiger charge is -2.08. The van der Waals surface area contributed by atoms with Crippen LogP contribution in [0, 0.1) is 27.7 Å². The molecule has 0 N–H and O–H groups in total. The van der Waals surface area contributed by atoms with E-state index in [1.807, 2.05) is 32.0 Å². The Bertz CT molecular complexity index is 657. The average Bonchev–Trinajstić information content (AvgIpc) is 2.44. The van der Waals surface area contributed by atoms with Crippen LogP contribution in [-0.2, 0) is 11.3 Å². The van der Waals surface area contributed by atoms with Crippen molar-refractivity contribution in [3.8, 4) is 0 Å². The van der Waals surface area contributed by atoms with Crippen molar-refractivity contribution in [2.75, 3.05) is 6.61 Å². The van der Waals surface area contributed by atoms with Crippen LogP contribution in [0.3, 0.4) is 0 Å². The summed E-state index contributed by atoms with van der Waals surface area (Å²) in [7, 11) is 0. The average molecular weight is 282 g/mol. The zero-order chi connectivity index (χ0) is 15.4. The number of benzene rings is 2. The molecule has 0 spiro atoms. The molecule has 21 heavy (non-hydrogen) atoms. The second-order valence-corrected chi connectivity index (χ2v) is 5.64. The predicted molar refractivity (Wildman–Crippen MR) is 85.8 cm³/mol. The number of hydrogen-bond donors (Lipinski definition) is 0. The molecule has 0 saturated carbocycles. The Balaban J connectivity index is 1.93. The molecule has 0 saturated heterocycles. The standard InChI is InChI=1S/C19H22O2/c1-13-5-7-18(16(4)9-13)11-21-12-19(20)17-8-6-14(2)15(3)10-17/h5-10H,11-12H2,1-4H3. The van der Waals surface area contributed by atoms with Crippen molar-refractivity contribution in [2.45, 2.75) is 34.3 Å². The van der Waals surface area contributed by atoms with Crippen molar-refractivity contribution in [2.24, 2.45) is 0 Å². The van der Waals surface area contributed by atoms with Crippen LogP contribution in [0.1, 0.15) is 38.2 Å². The summed E-state index contributed by atoms with van der Waals surface area (Å²) in [6, 6.07) is 12.0. The first kappa shape index (κ1) is 15.5. The lowest BCUT2D eigenvalue weighted by molar-refractivity contribution is 0.0725. The molecule has 0 aromatic heterocycles. The van der Waals surface area contributed by atoms with Crippen LogP contribution in [0.2, 0.25) is 0 Å². The minimum absolute atomic E-state index is 0.0304. The second kappa shape index (κ2) is 6.68. The largest absolute Gasteiger partial charge is 0.369 e. The highest BCUT2D eigenvalue weighted by Crippen LogP contribution is 2.13. The molecule has 110 valence electrons. The molecular weight excluding hydrogens is 260 g/mol. The third kappa shape index (κ3) is 4.02. The van der Waals surface area contributed by atoms with Gasteiger partial charge in [0.25, 0.3) is 0 Å². The first-order valence-electron chi connectivity index (χ1n) is 7.21. The fourth-order valence-corrected chi connectivity index (χ4v) is 2.26. The Hall–Kier alpha value is -1.93. The van der Waals surface area contributed by atoms with E-state index in [0.29, 0.717) is 6.61 Å². The van der Waals surface area contributed by atoms with Crippen LogP contribution >= 0.6 is 0 Å². The molecule has 0 atom stereocenters. The molecule has 0 radical (unpaired) electrons. The highest BCUT2D eigenvalue weighted by Gasteiger charge is 2.08. The first-order valence-corrected chi connectivity index (χ1v) is 7.21. The minimum Gasteiger partial charge on any atom is -0.369 e. The van der Waals surface area contributed by atoms with Gasteiger partial charge in [-0.15, -0.1) is 0 Å². The number of carbonyl (C=O) groups excluding carboxylic acids is 1. The number of ketones is 1. The Morgan fingerprint density at radius 3 is 2.33 bits per heavy atom. The molecule has 2 nitrogen and oxygen atoms in total. The van der Waals surface area contributed by atoms with E-state index >= 15 is 0 Å². The van der Waals surface area contributed by atoms with Crippen molar-refractivity contribution in [1.82, 2.24) is 0 Å². The molecule has 0 aliphatic carbocycles. The highest BCUT2D eigenvalue weighted by atomic mass is 16.5. The van der Waals surface area contributed by atoms with E-state index < -0.39 is 0 Å². The van der Waals surface area contributed by atoms with Gasteiger partial charge in [0, 0.05) is 5.56 Å². The van der Waals surface area contributed by atoms with Gasteiger partial charge < -0.3 is 4.74 Å². The Kier molecular flexibility index (Phi) is 4.92. The number of hydrogen-bond acceptors (Lipinski definition) is 2. The molecule has 2 heteroatoms. The van der Waals surface area contributed by atoms with Crippen molar-refractivity contribution in [3.05, 3.63) is 69.8 Å². The fourth-order valence-electron chi connectivity index (χ4n) is 2.26. The summed E-state index contributed by atoms with van der Waals surface area (Å²) in [5.74, 6) is 0.0304. The van der Waals surface area contributed by atoms with Crippen LogP contribution in [-0.4, -0.2) is 12.4 Å². The van der Waals surface area contributed by atoms with Gasteiger partial charge in [0.15, 0.2) is 5.78 Å². The third-order valence-electron chi connectivity index (χ3n) is 3.82. The molecule has 0 unspecified atom stereocenters. The van der Waals surface area contributed by atoms with E-state index in [9.17, 15) is 4.79 Å². The molecule has 0 fully saturated rings. The molecule has 0 amide bonds. The molecule has 2 aromatic rings. The van der Waals surface area contributed by atoms with Gasteiger partial charge in [-0.3, -0.25) is 4.79 Å². The number of carbonyl (C=O) groups is 1. The fraction of sp³-hybridized carbons (Fsp3) is 0.316. The van der Waals surface area contributed by atoms with Crippen LogP contribution in [0.4, 0.5) is 0 Å². The van der Waals surface area contributed by atoms with Gasteiger partial charge in [-0.25, -0.2) is 0 Å². The zero-order valence-corrected chi connectivity index (χ0v) is 13.2. The van der Waals surface area contributed by atoms with Gasteiger partial charge in [0.1, 0.15) is 6.61 Å². The predicted octanol–water partition coefficient (Wildman–Crippen LogP) is 4.32. The number of ether oxygens (including phenoxy) is 1. The summed E-state index contributed by atoms with van der Waals surface area (Å²) in [4.78, 5) is 12.1. The van der Waals surface area contributed by atoms with Crippen LogP contribution < -0.4 is 0 Å². The lowest BCUT2D eigenvalue weighted by atomic mass is 10.0. The molecule has 0 aliphatic heterocycles. The van der Waals surface area contributed by atoms with Gasteiger partial charge in [-0.2, -0.15) is 0 Å². The quantitative estimate of drug-likeness (QED) is 0.763. The van der Waals surface area contributed by atoms with Gasteiger partial charge in [-0.05, 0) is 56.0 Å². The van der Waals surface area contributed by atoms with E-state index in [1.165, 1.54) is 16.7 Å². The van der Waals surface area contributed by atoms with E-state index in [2.05, 4.69) is 32.0 Å². The first-order chi connectivity index (χ1) is 9.97. The SMILES string of the molecule is Cc1ccc(COCC(=O)c2ccc(C)c(C)c2)c(C)c1. The van der Waals surface area contributed by atoms with E-state index in [1.54, 1.807) is 0 Å². The van der Waals surface area contributed by atoms with E-state index in [0.717, 1.165) is 16.7 Å². The van der Waals surface area contributed by atoms with Gasteiger partial charge >= 0.3 is 0 Å². The van der Waals surface area contributed by atoms with Crippen molar-refractivity contribution in [3.63, 3.8) is 0 Å². The Labute approximate surface area is 126 Å². The van der Waals surface area contributed by atoms with Crippen LogP contribution in [0.5, 0.6) is 0 Å². The molecule has 0 aliphatic rings. The molecular formula is C19H22O2. The molecule has 0 bridgehead atoms. The Morgan fingerprint density at radius 2 is 1.67 bits per heavy atom. The van der Waals surface area contributed by atoms with E-state index in [-0.39, 0.29) is 12.4 Å². The summed E-state index contributed by atoms with van der Waals surface area (Å²) in [5.41, 5.74) is 6.63. The summed E-state index contributed by atoms with van der Waals surface area (Å²) in [6.07, 6.45) is 0. The maximum Gasteiger partial charge on any atom is 0.188 e. The van der Waals surface area contributed by atoms with Crippen molar-refractivity contribution in [1.29, 1.82) is 0 Å². The second-order valence-electron chi connectivity index (χ2n) is 5.64. The van der Waals surface area contributed by atoms with Crippen molar-refractivity contribution >= 4 is 5.78 Å². The maximum absolute atomic E-state index is 12.1. The number of rotatable bonds is 5. The summed E-state index contributed by atoms with van der Waals surface area (Å²) >= 11 is 0. The van der Waals surface area contributed by atoms with Crippen LogP contribution in [0.25, 0.3) is 0 Å². The Morgan fingerprint density at radius 1 is 0.905 bits per heavy atom. The molecule has 2 aromatic carbocycles. The van der Waals surface area contributed by atoms with Gasteiger partial charge in [-0.1, -0.05) is 35.9 Å². The molecule has 0 heterocycles. The van der Waals surface area contributed by atoms with Crippen molar-refractivity contribution < 1.29 is 9.53 Å². The highest BCUT2D eigenvalue weighted by molar-refractivity contribution is 5.97. The normalized spacial score (nSPS) is 10.7. The maximum atomic E-state index is 12.1. The minimum atomic E-state index is 0.0304. The summed E-state index contributed by atoms with van der Waals surface area (Å²) in [5, 5.41) is 0. The van der Waals surface area contributed by atoms with E-state index in [4.69, 9.17) is 4.74 Å². The smallest absolute Gasteiger partial charge is 0.188 e. The lowest BCUT2D eigenvalue weighted by Crippen LogP contribution is -2.10. The monoisotopic (exact) mass is 282 g/mol. The van der Waals surface area contributed by atoms with Gasteiger partial charge in [0.05, 0.1) is 6.61 Å². The molecule has 2 rings (SSSR count). The third-order valence-corrected chi connectivity index (χ3v) is 3.82.